The summed E-state index contributed by atoms with van der Waals surface area (Å²) in [4.78, 5) is 1.12. The van der Waals surface area contributed by atoms with Crippen LogP contribution in [0.5, 0.6) is 0 Å². The van der Waals surface area contributed by atoms with E-state index in [1.54, 1.807) is 11.3 Å². The Morgan fingerprint density at radius 1 is 1.53 bits per heavy atom. The number of halogens is 2. The molecule has 2 nitrogen and oxygen atoms in total. The minimum Gasteiger partial charge on any atom is -0.386 e. The molecular formula is C10H15F2NOS. The van der Waals surface area contributed by atoms with Gasteiger partial charge in [-0.25, -0.2) is 8.78 Å². The molecule has 2 unspecified atom stereocenters. The van der Waals surface area contributed by atoms with Gasteiger partial charge in [0.25, 0.3) is 6.43 Å². The van der Waals surface area contributed by atoms with Crippen LogP contribution >= 0.6 is 11.3 Å². The first-order valence-corrected chi connectivity index (χ1v) is 5.64. The SMILES string of the molecule is Cc1ccsc1C(C)NCC(O)C(F)F. The molecule has 2 N–H and O–H groups in total. The van der Waals surface area contributed by atoms with Crippen molar-refractivity contribution in [3.05, 3.63) is 21.9 Å². The van der Waals surface area contributed by atoms with E-state index in [9.17, 15) is 8.78 Å². The van der Waals surface area contributed by atoms with Gasteiger partial charge >= 0.3 is 0 Å². The summed E-state index contributed by atoms with van der Waals surface area (Å²) in [6.07, 6.45) is -4.28. The molecule has 1 aromatic heterocycles. The van der Waals surface area contributed by atoms with Crippen molar-refractivity contribution in [3.63, 3.8) is 0 Å². The molecule has 0 radical (unpaired) electrons. The maximum absolute atomic E-state index is 12.0. The molecule has 1 rings (SSSR count). The largest absolute Gasteiger partial charge is 0.386 e. The van der Waals surface area contributed by atoms with E-state index in [-0.39, 0.29) is 12.6 Å². The number of nitrogens with one attached hydrogen (secondary N) is 1. The van der Waals surface area contributed by atoms with E-state index in [0.29, 0.717) is 0 Å². The number of aliphatic hydroxyl groups excluding tert-OH is 1. The summed E-state index contributed by atoms with van der Waals surface area (Å²) in [6, 6.07) is 1.99. The molecule has 5 heteroatoms. The van der Waals surface area contributed by atoms with Crippen LogP contribution < -0.4 is 5.32 Å². The predicted molar refractivity (Wildman–Crippen MR) is 57.5 cm³/mol. The normalized spacial score (nSPS) is 15.6. The highest BCUT2D eigenvalue weighted by Crippen LogP contribution is 2.23. The Labute approximate surface area is 91.9 Å². The second-order valence-corrected chi connectivity index (χ2v) is 4.45. The lowest BCUT2D eigenvalue weighted by atomic mass is 10.2. The molecule has 86 valence electrons. The number of aliphatic hydroxyl groups is 1. The van der Waals surface area contributed by atoms with Crippen LogP contribution in [0.25, 0.3) is 0 Å². The van der Waals surface area contributed by atoms with Gasteiger partial charge in [-0.3, -0.25) is 0 Å². The number of aryl methyl sites for hydroxylation is 1. The van der Waals surface area contributed by atoms with Gasteiger partial charge in [0.05, 0.1) is 0 Å². The highest BCUT2D eigenvalue weighted by Gasteiger charge is 2.18. The minimum atomic E-state index is -2.69. The van der Waals surface area contributed by atoms with Crippen LogP contribution in [-0.2, 0) is 0 Å². The molecule has 0 aliphatic heterocycles. The molecule has 0 fully saturated rings. The van der Waals surface area contributed by atoms with Crippen LogP contribution in [-0.4, -0.2) is 24.2 Å². The van der Waals surface area contributed by atoms with Crippen molar-refractivity contribution in [2.24, 2.45) is 0 Å². The third kappa shape index (κ3) is 3.52. The number of hydrogen-bond donors (Lipinski definition) is 2. The van der Waals surface area contributed by atoms with Gasteiger partial charge < -0.3 is 10.4 Å². The monoisotopic (exact) mass is 235 g/mol. The van der Waals surface area contributed by atoms with Crippen molar-refractivity contribution in [2.45, 2.75) is 32.4 Å². The topological polar surface area (TPSA) is 32.3 Å². The predicted octanol–water partition coefficient (Wildman–Crippen LogP) is 2.33. The van der Waals surface area contributed by atoms with E-state index in [0.717, 1.165) is 10.4 Å². The van der Waals surface area contributed by atoms with Gasteiger partial charge in [0.15, 0.2) is 0 Å². The van der Waals surface area contributed by atoms with Gasteiger partial charge in [0.2, 0.25) is 0 Å². The third-order valence-corrected chi connectivity index (χ3v) is 3.42. The smallest absolute Gasteiger partial charge is 0.265 e. The zero-order valence-electron chi connectivity index (χ0n) is 8.71. The van der Waals surface area contributed by atoms with Crippen LogP contribution in [0, 0.1) is 6.92 Å². The zero-order chi connectivity index (χ0) is 11.4. The quantitative estimate of drug-likeness (QED) is 0.821. The molecule has 0 aromatic carbocycles. The van der Waals surface area contributed by atoms with Crippen molar-refractivity contribution in [1.82, 2.24) is 5.32 Å². The number of thiophene rings is 1. The zero-order valence-corrected chi connectivity index (χ0v) is 9.52. The van der Waals surface area contributed by atoms with Gasteiger partial charge in [0, 0.05) is 17.5 Å². The molecule has 0 aliphatic rings. The van der Waals surface area contributed by atoms with Crippen LogP contribution in [0.3, 0.4) is 0 Å². The van der Waals surface area contributed by atoms with E-state index in [4.69, 9.17) is 5.11 Å². The highest BCUT2D eigenvalue weighted by atomic mass is 32.1. The number of hydrogen-bond acceptors (Lipinski definition) is 3. The maximum atomic E-state index is 12.0. The molecule has 0 aliphatic carbocycles. The van der Waals surface area contributed by atoms with Crippen molar-refractivity contribution >= 4 is 11.3 Å². The molecule has 0 saturated heterocycles. The van der Waals surface area contributed by atoms with E-state index in [1.807, 2.05) is 25.3 Å². The molecule has 0 bridgehead atoms. The van der Waals surface area contributed by atoms with E-state index in [1.165, 1.54) is 0 Å². The van der Waals surface area contributed by atoms with Gasteiger partial charge in [0.1, 0.15) is 6.10 Å². The fraction of sp³-hybridized carbons (Fsp3) is 0.600. The van der Waals surface area contributed by atoms with Gasteiger partial charge in [-0.15, -0.1) is 11.3 Å². The summed E-state index contributed by atoms with van der Waals surface area (Å²) < 4.78 is 24.0. The maximum Gasteiger partial charge on any atom is 0.265 e. The fourth-order valence-corrected chi connectivity index (χ4v) is 2.27. The van der Waals surface area contributed by atoms with Crippen LogP contribution in [0.2, 0.25) is 0 Å². The first-order chi connectivity index (χ1) is 7.02. The van der Waals surface area contributed by atoms with E-state index in [2.05, 4.69) is 5.32 Å². The van der Waals surface area contributed by atoms with E-state index >= 15 is 0 Å². The van der Waals surface area contributed by atoms with Crippen LogP contribution in [0.1, 0.15) is 23.4 Å². The molecule has 2 atom stereocenters. The average molecular weight is 235 g/mol. The van der Waals surface area contributed by atoms with E-state index < -0.39 is 12.5 Å². The Balaban J connectivity index is 2.43. The second kappa shape index (κ2) is 5.53. The van der Waals surface area contributed by atoms with Gasteiger partial charge in [-0.1, -0.05) is 0 Å². The van der Waals surface area contributed by atoms with Crippen molar-refractivity contribution in [1.29, 1.82) is 0 Å². The Morgan fingerprint density at radius 2 is 2.20 bits per heavy atom. The second-order valence-electron chi connectivity index (χ2n) is 3.50. The molecule has 1 aromatic rings. The molecule has 1 heterocycles. The standard InChI is InChI=1S/C10H15F2NOS/c1-6-3-4-15-9(6)7(2)13-5-8(14)10(11)12/h3-4,7-8,10,13-14H,5H2,1-2H3. The summed E-state index contributed by atoms with van der Waals surface area (Å²) in [5.41, 5.74) is 1.14. The summed E-state index contributed by atoms with van der Waals surface area (Å²) in [5.74, 6) is 0. The van der Waals surface area contributed by atoms with Gasteiger partial charge in [-0.2, -0.15) is 0 Å². The Kier molecular flexibility index (Phi) is 4.63. The van der Waals surface area contributed by atoms with Gasteiger partial charge in [-0.05, 0) is 30.9 Å². The summed E-state index contributed by atoms with van der Waals surface area (Å²) >= 11 is 1.59. The molecular weight excluding hydrogens is 220 g/mol. The Hall–Kier alpha value is -0.520. The van der Waals surface area contributed by atoms with Crippen molar-refractivity contribution in [3.8, 4) is 0 Å². The molecule has 15 heavy (non-hydrogen) atoms. The third-order valence-electron chi connectivity index (χ3n) is 2.22. The molecule has 0 saturated carbocycles. The first kappa shape index (κ1) is 12.5. The Morgan fingerprint density at radius 3 is 2.67 bits per heavy atom. The lowest BCUT2D eigenvalue weighted by Crippen LogP contribution is -2.33. The summed E-state index contributed by atoms with van der Waals surface area (Å²) in [6.45, 7) is 3.79. The first-order valence-electron chi connectivity index (χ1n) is 4.76. The fourth-order valence-electron chi connectivity index (χ4n) is 1.31. The molecule has 0 spiro atoms. The lowest BCUT2D eigenvalue weighted by molar-refractivity contribution is -0.00435. The van der Waals surface area contributed by atoms with Crippen LogP contribution in [0.15, 0.2) is 11.4 Å². The average Bonchev–Trinajstić information content (AvgIpc) is 2.60. The highest BCUT2D eigenvalue weighted by molar-refractivity contribution is 7.10. The summed E-state index contributed by atoms with van der Waals surface area (Å²) in [5, 5.41) is 13.8. The molecule has 0 amide bonds. The van der Waals surface area contributed by atoms with Crippen LogP contribution in [0.4, 0.5) is 8.78 Å². The number of rotatable bonds is 5. The van der Waals surface area contributed by atoms with Crippen molar-refractivity contribution < 1.29 is 13.9 Å². The minimum absolute atomic E-state index is 0.00148. The Bertz CT molecular complexity index is 303. The van der Waals surface area contributed by atoms with Crippen molar-refractivity contribution in [2.75, 3.05) is 6.54 Å². The number of alkyl halides is 2. The lowest BCUT2D eigenvalue weighted by Gasteiger charge is -2.16. The summed E-state index contributed by atoms with van der Waals surface area (Å²) in [7, 11) is 0.